The Morgan fingerprint density at radius 3 is 2.61 bits per heavy atom. The fraction of sp³-hybridized carbons (Fsp3) is 0.519. The molecule has 4 N–H and O–H groups in total. The molecule has 2 aromatic carbocycles. The Balaban J connectivity index is 1.57. The van der Waals surface area contributed by atoms with Gasteiger partial charge in [0.25, 0.3) is 0 Å². The average Bonchev–Trinajstić information content (AvgIpc) is 3.21. The number of fused-ring (bicyclic) bond motifs is 1. The van der Waals surface area contributed by atoms with Crippen LogP contribution in [0, 0.1) is 11.8 Å². The first-order chi connectivity index (χ1) is 19.9. The van der Waals surface area contributed by atoms with Crippen molar-refractivity contribution in [1.82, 2.24) is 9.62 Å². The molecule has 2 aliphatic heterocycles. The van der Waals surface area contributed by atoms with E-state index in [0.717, 1.165) is 4.31 Å². The van der Waals surface area contributed by atoms with E-state index in [1.54, 1.807) is 30.3 Å². The lowest BCUT2D eigenvalue weighted by Crippen LogP contribution is -2.51. The van der Waals surface area contributed by atoms with E-state index in [2.05, 4.69) is 5.32 Å². The van der Waals surface area contributed by atoms with Crippen LogP contribution in [0.2, 0.25) is 0 Å². The van der Waals surface area contributed by atoms with E-state index >= 15 is 0 Å². The molecule has 0 aliphatic carbocycles. The molecular weight excluding hydrogens is 510 g/mol. The molecule has 1 amide bonds. The van der Waals surface area contributed by atoms with E-state index in [1.165, 1.54) is 24.3 Å². The first-order valence-corrected chi connectivity index (χ1v) is 13.8. The summed E-state index contributed by atoms with van der Waals surface area (Å²) in [7, 11) is -4.07. The molecule has 0 saturated carbocycles. The highest BCUT2D eigenvalue weighted by Crippen LogP contribution is 2.33. The molecule has 2 saturated heterocycles. The fourth-order valence-electron chi connectivity index (χ4n) is 4.19. The summed E-state index contributed by atoms with van der Waals surface area (Å²) in [6, 6.07) is 13.4. The maximum atomic E-state index is 13.6. The molecule has 4 rings (SSSR count). The monoisotopic (exact) mass is 552 g/mol. The van der Waals surface area contributed by atoms with Crippen molar-refractivity contribution >= 4 is 21.8 Å². The van der Waals surface area contributed by atoms with Crippen molar-refractivity contribution in [1.29, 1.82) is 0 Å². The van der Waals surface area contributed by atoms with Gasteiger partial charge in [-0.2, -0.15) is 4.31 Å². The lowest BCUT2D eigenvalue weighted by molar-refractivity contribution is -0.0907. The van der Waals surface area contributed by atoms with Crippen molar-refractivity contribution in [2.75, 3.05) is 32.0 Å². The quantitative estimate of drug-likeness (QED) is 0.361. The minimum absolute atomic E-state index is 0.0165. The number of aliphatic hydroxyl groups is 1. The summed E-state index contributed by atoms with van der Waals surface area (Å²) in [5.41, 5.74) is 6.81. The number of hydrogen-bond donors (Lipinski definition) is 3. The van der Waals surface area contributed by atoms with E-state index in [4.69, 9.17) is 26.8 Å². The highest BCUT2D eigenvalue weighted by atomic mass is 32.2. The summed E-state index contributed by atoms with van der Waals surface area (Å²) in [5.74, 6) is -2.53. The van der Waals surface area contributed by atoms with E-state index < -0.39 is 72.6 Å². The number of nitrogens with zero attached hydrogens (tertiary/aromatic N) is 1. The molecule has 5 atom stereocenters. The fourth-order valence-corrected chi connectivity index (χ4v) is 5.81. The van der Waals surface area contributed by atoms with Crippen LogP contribution in [0.15, 0.2) is 59.5 Å². The van der Waals surface area contributed by atoms with Crippen LogP contribution in [-0.2, 0) is 30.7 Å². The maximum Gasteiger partial charge on any atom is 0.407 e. The number of alkyl carbamates (subject to hydrolysis) is 1. The minimum atomic E-state index is -4.07. The number of ether oxygens (including phenoxy) is 3. The SMILES string of the molecule is [2H]C1([2H])C[C@]2([2H])[C@@]([2H])(OC[C@]2([2H])OC(=O)N[C@@H](Cc2ccccc2)[C@H](O)CN(CC(C)C)S(=O)(=O)c2ccc(N)cc2)O1. The Morgan fingerprint density at radius 2 is 1.92 bits per heavy atom. The van der Waals surface area contributed by atoms with Gasteiger partial charge in [-0.15, -0.1) is 0 Å². The van der Waals surface area contributed by atoms with Crippen molar-refractivity contribution in [2.24, 2.45) is 11.8 Å². The molecule has 2 aromatic rings. The van der Waals surface area contributed by atoms with Crippen molar-refractivity contribution in [3.63, 3.8) is 0 Å². The predicted octanol–water partition coefficient (Wildman–Crippen LogP) is 2.38. The van der Waals surface area contributed by atoms with Crippen LogP contribution >= 0.6 is 0 Å². The van der Waals surface area contributed by atoms with Crippen LogP contribution in [0.4, 0.5) is 10.5 Å². The second-order valence-electron chi connectivity index (χ2n) is 9.58. The predicted molar refractivity (Wildman–Crippen MR) is 142 cm³/mol. The number of benzene rings is 2. The number of hydrogen-bond acceptors (Lipinski definition) is 8. The second kappa shape index (κ2) is 12.4. The van der Waals surface area contributed by atoms with Gasteiger partial charge in [-0.05, 0) is 48.6 Å². The number of carbonyl (C=O) groups excluding carboxylic acids is 1. The Kier molecular flexibility index (Phi) is 7.25. The second-order valence-corrected chi connectivity index (χ2v) is 11.5. The number of sulfonamides is 1. The van der Waals surface area contributed by atoms with Crippen molar-refractivity contribution < 1.29 is 39.4 Å². The Morgan fingerprint density at radius 1 is 1.21 bits per heavy atom. The van der Waals surface area contributed by atoms with Crippen LogP contribution in [0.1, 0.15) is 32.7 Å². The van der Waals surface area contributed by atoms with Gasteiger partial charge >= 0.3 is 6.09 Å². The first kappa shape index (κ1) is 22.2. The van der Waals surface area contributed by atoms with Crippen molar-refractivity contribution in [2.45, 2.75) is 56.1 Å². The third-order valence-electron chi connectivity index (χ3n) is 6.09. The average molecular weight is 553 g/mol. The van der Waals surface area contributed by atoms with Crippen LogP contribution in [-0.4, -0.2) is 74.7 Å². The summed E-state index contributed by atoms with van der Waals surface area (Å²) < 4.78 is 84.8. The van der Waals surface area contributed by atoms with Gasteiger partial charge in [0.15, 0.2) is 6.27 Å². The number of nitrogens with two attached hydrogens (primary N) is 1. The first-order valence-electron chi connectivity index (χ1n) is 14.8. The van der Waals surface area contributed by atoms with Crippen molar-refractivity contribution in [3.8, 4) is 0 Å². The molecule has 0 radical (unpaired) electrons. The number of nitrogen functional groups attached to an aromatic ring is 1. The van der Waals surface area contributed by atoms with Crippen LogP contribution in [0.3, 0.4) is 0 Å². The number of nitrogens with one attached hydrogen (secondary N) is 1. The smallest absolute Gasteiger partial charge is 0.407 e. The van der Waals surface area contributed by atoms with Gasteiger partial charge in [0, 0.05) is 20.1 Å². The van der Waals surface area contributed by atoms with Gasteiger partial charge in [-0.3, -0.25) is 0 Å². The molecule has 2 heterocycles. The van der Waals surface area contributed by atoms with E-state index in [9.17, 15) is 18.3 Å². The summed E-state index contributed by atoms with van der Waals surface area (Å²) in [6.07, 6.45) is -8.50. The summed E-state index contributed by atoms with van der Waals surface area (Å²) in [5, 5.41) is 13.9. The molecule has 10 nitrogen and oxygen atoms in total. The highest BCUT2D eigenvalue weighted by Gasteiger charge is 2.44. The van der Waals surface area contributed by atoms with E-state index in [0.29, 0.717) is 11.3 Å². The molecule has 0 unspecified atom stereocenters. The van der Waals surface area contributed by atoms with Gasteiger partial charge in [0.05, 0.1) is 41.6 Å². The third kappa shape index (κ3) is 7.03. The van der Waals surface area contributed by atoms with Gasteiger partial charge in [-0.25, -0.2) is 13.2 Å². The molecule has 0 aromatic heterocycles. The van der Waals surface area contributed by atoms with Crippen molar-refractivity contribution in [3.05, 3.63) is 60.2 Å². The number of carbonyl (C=O) groups is 1. The Labute approximate surface area is 231 Å². The topological polar surface area (TPSA) is 140 Å². The van der Waals surface area contributed by atoms with E-state index in [-0.39, 0.29) is 23.8 Å². The van der Waals surface area contributed by atoms with E-state index in [1.807, 2.05) is 13.8 Å². The molecule has 38 heavy (non-hydrogen) atoms. The van der Waals surface area contributed by atoms with Gasteiger partial charge in [0.2, 0.25) is 10.0 Å². The normalized spacial score (nSPS) is 31.9. The lowest BCUT2D eigenvalue weighted by Gasteiger charge is -2.31. The summed E-state index contributed by atoms with van der Waals surface area (Å²) in [4.78, 5) is 13.2. The number of amides is 1. The zero-order chi connectivity index (χ0) is 31.8. The van der Waals surface area contributed by atoms with Gasteiger partial charge in [-0.1, -0.05) is 44.2 Å². The Bertz CT molecular complexity index is 1410. The molecule has 208 valence electrons. The lowest BCUT2D eigenvalue weighted by atomic mass is 10.0. The minimum Gasteiger partial charge on any atom is -0.443 e. The molecule has 11 heteroatoms. The zero-order valence-corrected chi connectivity index (χ0v) is 22.1. The summed E-state index contributed by atoms with van der Waals surface area (Å²) in [6.45, 7) is 0.128. The van der Waals surface area contributed by atoms with Gasteiger partial charge < -0.3 is 30.4 Å². The third-order valence-corrected chi connectivity index (χ3v) is 7.94. The number of aliphatic hydroxyl groups excluding tert-OH is 1. The maximum absolute atomic E-state index is 13.6. The molecular formula is C27H37N3O7S. The number of anilines is 1. The number of rotatable bonds is 11. The largest absolute Gasteiger partial charge is 0.443 e. The van der Waals surface area contributed by atoms with Crippen LogP contribution in [0.25, 0.3) is 0 Å². The molecule has 0 spiro atoms. The van der Waals surface area contributed by atoms with Crippen LogP contribution < -0.4 is 11.1 Å². The molecule has 2 fully saturated rings. The zero-order valence-electron chi connectivity index (χ0n) is 26.3. The Hall–Kier alpha value is -2.70. The molecule has 0 bridgehead atoms. The highest BCUT2D eigenvalue weighted by molar-refractivity contribution is 7.89. The molecule has 2 aliphatic rings. The van der Waals surface area contributed by atoms with Gasteiger partial charge in [0.1, 0.15) is 6.08 Å². The summed E-state index contributed by atoms with van der Waals surface area (Å²) >= 11 is 0. The van der Waals surface area contributed by atoms with Crippen LogP contribution in [0.5, 0.6) is 0 Å². The standard InChI is InChI=1S/C27H37N3O7S/c1-18(2)15-30(38(33,34)21-10-8-20(28)9-11-21)16-24(31)23(14-19-6-4-3-5-7-19)29-27(32)37-25-17-36-26-22(25)12-13-35-26/h3-11,18,22-26,31H,12-17,28H2,1-2H3,(H,29,32)/t22-,23-,24+,25-,26+/m0/s1/i13D2,22D,25D,26D.